The molecule has 17 heavy (non-hydrogen) atoms. The molecule has 2 rings (SSSR count). The molecule has 0 saturated carbocycles. The van der Waals surface area contributed by atoms with Crippen molar-refractivity contribution in [1.82, 2.24) is 5.32 Å². The number of hydrogen-bond donors (Lipinski definition) is 1. The average molecular weight is 237 g/mol. The van der Waals surface area contributed by atoms with E-state index in [-0.39, 0.29) is 0 Å². The molecule has 0 bridgehead atoms. The summed E-state index contributed by atoms with van der Waals surface area (Å²) < 4.78 is 15.9. The molecule has 1 atom stereocenters. The lowest BCUT2D eigenvalue weighted by atomic mass is 10.1. The van der Waals surface area contributed by atoms with Crippen LogP contribution >= 0.6 is 0 Å². The first kappa shape index (κ1) is 12.2. The molecule has 4 heteroatoms. The Morgan fingerprint density at radius 2 is 2.29 bits per heavy atom. The third kappa shape index (κ3) is 3.11. The van der Waals surface area contributed by atoms with Crippen molar-refractivity contribution in [1.29, 1.82) is 0 Å². The lowest BCUT2D eigenvalue weighted by Crippen LogP contribution is -2.23. The van der Waals surface area contributed by atoms with Gasteiger partial charge in [-0.1, -0.05) is 19.1 Å². The number of hydrogen-bond acceptors (Lipinski definition) is 4. The number of rotatable bonds is 6. The van der Waals surface area contributed by atoms with Crippen molar-refractivity contribution in [2.24, 2.45) is 5.92 Å². The van der Waals surface area contributed by atoms with E-state index >= 15 is 0 Å². The zero-order valence-electron chi connectivity index (χ0n) is 10.4. The molecule has 94 valence electrons. The summed E-state index contributed by atoms with van der Waals surface area (Å²) in [7, 11) is 1.73. The highest BCUT2D eigenvalue weighted by molar-refractivity contribution is 5.48. The summed E-state index contributed by atoms with van der Waals surface area (Å²) in [4.78, 5) is 0. The molecule has 0 aliphatic carbocycles. The second-order valence-corrected chi connectivity index (χ2v) is 4.34. The number of fused-ring (bicyclic) bond motifs is 1. The van der Waals surface area contributed by atoms with E-state index in [0.29, 0.717) is 12.7 Å². The molecular weight excluding hydrogens is 218 g/mol. The van der Waals surface area contributed by atoms with Crippen LogP contribution in [0.3, 0.4) is 0 Å². The van der Waals surface area contributed by atoms with Gasteiger partial charge in [0.2, 0.25) is 6.79 Å². The molecular formula is C13H19NO3. The maximum absolute atomic E-state index is 5.45. The van der Waals surface area contributed by atoms with Gasteiger partial charge in [-0.3, -0.25) is 0 Å². The standard InChI is InChI=1S/C13H19NO3/c1-10(8-15-2)6-14-7-11-4-3-5-12-13(11)17-9-16-12/h3-5,10,14H,6-9H2,1-2H3. The fourth-order valence-corrected chi connectivity index (χ4v) is 1.93. The minimum Gasteiger partial charge on any atom is -0.454 e. The second kappa shape index (κ2) is 5.89. The van der Waals surface area contributed by atoms with Crippen LogP contribution in [0.4, 0.5) is 0 Å². The van der Waals surface area contributed by atoms with Gasteiger partial charge in [-0.2, -0.15) is 0 Å². The van der Waals surface area contributed by atoms with Gasteiger partial charge in [0.1, 0.15) is 0 Å². The highest BCUT2D eigenvalue weighted by atomic mass is 16.7. The molecule has 0 aromatic heterocycles. The van der Waals surface area contributed by atoms with Gasteiger partial charge in [-0.25, -0.2) is 0 Å². The van der Waals surface area contributed by atoms with E-state index in [0.717, 1.165) is 36.8 Å². The SMILES string of the molecule is COCC(C)CNCc1cccc2c1OCO2. The predicted molar refractivity (Wildman–Crippen MR) is 65.3 cm³/mol. The van der Waals surface area contributed by atoms with Crippen molar-refractivity contribution in [2.45, 2.75) is 13.5 Å². The minimum absolute atomic E-state index is 0.326. The van der Waals surface area contributed by atoms with Crippen molar-refractivity contribution in [3.63, 3.8) is 0 Å². The Balaban J connectivity index is 1.85. The summed E-state index contributed by atoms with van der Waals surface area (Å²) in [6.45, 7) is 4.98. The Morgan fingerprint density at radius 3 is 3.12 bits per heavy atom. The second-order valence-electron chi connectivity index (χ2n) is 4.34. The summed E-state index contributed by atoms with van der Waals surface area (Å²) in [5.74, 6) is 2.22. The van der Waals surface area contributed by atoms with Gasteiger partial charge in [-0.15, -0.1) is 0 Å². The molecule has 0 amide bonds. The molecule has 1 heterocycles. The molecule has 0 saturated heterocycles. The molecule has 1 N–H and O–H groups in total. The first-order valence-electron chi connectivity index (χ1n) is 5.88. The van der Waals surface area contributed by atoms with Crippen LogP contribution in [0.1, 0.15) is 12.5 Å². The van der Waals surface area contributed by atoms with E-state index in [1.807, 2.05) is 12.1 Å². The van der Waals surface area contributed by atoms with Crippen molar-refractivity contribution >= 4 is 0 Å². The maximum atomic E-state index is 5.45. The fraction of sp³-hybridized carbons (Fsp3) is 0.538. The van der Waals surface area contributed by atoms with E-state index in [9.17, 15) is 0 Å². The molecule has 0 spiro atoms. The van der Waals surface area contributed by atoms with E-state index in [4.69, 9.17) is 14.2 Å². The van der Waals surface area contributed by atoms with Gasteiger partial charge in [0.05, 0.1) is 0 Å². The van der Waals surface area contributed by atoms with E-state index in [2.05, 4.69) is 18.3 Å². The molecule has 1 aromatic carbocycles. The monoisotopic (exact) mass is 237 g/mol. The van der Waals surface area contributed by atoms with E-state index in [1.165, 1.54) is 0 Å². The topological polar surface area (TPSA) is 39.7 Å². The molecule has 4 nitrogen and oxygen atoms in total. The third-order valence-corrected chi connectivity index (χ3v) is 2.74. The van der Waals surface area contributed by atoms with Gasteiger partial charge < -0.3 is 19.5 Å². The Morgan fingerprint density at radius 1 is 1.41 bits per heavy atom. The number of nitrogens with one attached hydrogen (secondary N) is 1. The van der Waals surface area contributed by atoms with Crippen LogP contribution in [0.2, 0.25) is 0 Å². The van der Waals surface area contributed by atoms with Gasteiger partial charge in [0.15, 0.2) is 11.5 Å². The van der Waals surface area contributed by atoms with Crippen LogP contribution in [-0.4, -0.2) is 27.1 Å². The highest BCUT2D eigenvalue weighted by Crippen LogP contribution is 2.35. The summed E-state index contributed by atoms with van der Waals surface area (Å²) in [5.41, 5.74) is 1.14. The Labute approximate surface area is 102 Å². The number of benzene rings is 1. The van der Waals surface area contributed by atoms with Crippen molar-refractivity contribution in [3.8, 4) is 11.5 Å². The molecule has 1 aliphatic heterocycles. The van der Waals surface area contributed by atoms with Crippen LogP contribution in [-0.2, 0) is 11.3 Å². The summed E-state index contributed by atoms with van der Waals surface area (Å²) in [6, 6.07) is 5.98. The molecule has 1 unspecified atom stereocenters. The van der Waals surface area contributed by atoms with Crippen LogP contribution in [0.25, 0.3) is 0 Å². The van der Waals surface area contributed by atoms with Crippen molar-refractivity contribution in [2.75, 3.05) is 27.1 Å². The summed E-state index contributed by atoms with van der Waals surface area (Å²) >= 11 is 0. The van der Waals surface area contributed by atoms with Crippen LogP contribution in [0.15, 0.2) is 18.2 Å². The predicted octanol–water partition coefficient (Wildman–Crippen LogP) is 1.79. The Hall–Kier alpha value is -1.26. The lowest BCUT2D eigenvalue weighted by Gasteiger charge is -2.12. The number of methoxy groups -OCH3 is 1. The lowest BCUT2D eigenvalue weighted by molar-refractivity contribution is 0.158. The maximum Gasteiger partial charge on any atom is 0.231 e. The quantitative estimate of drug-likeness (QED) is 0.818. The fourth-order valence-electron chi connectivity index (χ4n) is 1.93. The van der Waals surface area contributed by atoms with Crippen LogP contribution in [0, 0.1) is 5.92 Å². The normalized spacial score (nSPS) is 14.9. The van der Waals surface area contributed by atoms with Gasteiger partial charge in [0.25, 0.3) is 0 Å². The number of ether oxygens (including phenoxy) is 3. The zero-order valence-corrected chi connectivity index (χ0v) is 10.4. The van der Waals surface area contributed by atoms with E-state index < -0.39 is 0 Å². The van der Waals surface area contributed by atoms with Gasteiger partial charge in [0, 0.05) is 32.4 Å². The zero-order chi connectivity index (χ0) is 12.1. The van der Waals surface area contributed by atoms with Gasteiger partial charge in [-0.05, 0) is 12.0 Å². The largest absolute Gasteiger partial charge is 0.454 e. The first-order chi connectivity index (χ1) is 8.31. The molecule has 0 fully saturated rings. The minimum atomic E-state index is 0.326. The average Bonchev–Trinajstić information content (AvgIpc) is 2.78. The first-order valence-corrected chi connectivity index (χ1v) is 5.88. The van der Waals surface area contributed by atoms with Crippen LogP contribution < -0.4 is 14.8 Å². The highest BCUT2D eigenvalue weighted by Gasteiger charge is 2.16. The van der Waals surface area contributed by atoms with Crippen LogP contribution in [0.5, 0.6) is 11.5 Å². The van der Waals surface area contributed by atoms with E-state index in [1.54, 1.807) is 7.11 Å². The van der Waals surface area contributed by atoms with Gasteiger partial charge >= 0.3 is 0 Å². The summed E-state index contributed by atoms with van der Waals surface area (Å²) in [5, 5.41) is 3.40. The summed E-state index contributed by atoms with van der Waals surface area (Å²) in [6.07, 6.45) is 0. The van der Waals surface area contributed by atoms with Crippen molar-refractivity contribution in [3.05, 3.63) is 23.8 Å². The van der Waals surface area contributed by atoms with Crippen molar-refractivity contribution < 1.29 is 14.2 Å². The molecule has 1 aromatic rings. The Kier molecular flexibility index (Phi) is 4.23. The number of para-hydroxylation sites is 1. The smallest absolute Gasteiger partial charge is 0.231 e. The Bertz CT molecular complexity index is 368. The molecule has 1 aliphatic rings. The molecule has 0 radical (unpaired) electrons. The third-order valence-electron chi connectivity index (χ3n) is 2.74.